The molecule has 2 aromatic rings. The third-order valence-corrected chi connectivity index (χ3v) is 3.44. The summed E-state index contributed by atoms with van der Waals surface area (Å²) in [6, 6.07) is 13.8. The molecule has 20 heavy (non-hydrogen) atoms. The summed E-state index contributed by atoms with van der Waals surface area (Å²) < 4.78 is 5.39. The predicted octanol–water partition coefficient (Wildman–Crippen LogP) is 5.11. The molecule has 0 aromatic heterocycles. The van der Waals surface area contributed by atoms with Crippen LogP contribution in [0.3, 0.4) is 0 Å². The van der Waals surface area contributed by atoms with E-state index in [9.17, 15) is 4.79 Å². The Morgan fingerprint density at radius 1 is 0.950 bits per heavy atom. The van der Waals surface area contributed by atoms with E-state index < -0.39 is 0 Å². The molecule has 0 N–H and O–H groups in total. The number of esters is 1. The largest absolute Gasteiger partial charge is 0.427 e. The predicted molar refractivity (Wildman–Crippen MR) is 83.0 cm³/mol. The van der Waals surface area contributed by atoms with Crippen molar-refractivity contribution in [1.82, 2.24) is 0 Å². The molecule has 0 aliphatic carbocycles. The fourth-order valence-electron chi connectivity index (χ4n) is 2.29. The molecule has 0 saturated carbocycles. The Hall–Kier alpha value is -1.83. The summed E-state index contributed by atoms with van der Waals surface area (Å²) in [6.45, 7) is 2.19. The van der Waals surface area contributed by atoms with E-state index in [0.717, 1.165) is 23.6 Å². The monoisotopic (exact) mass is 270 g/mol. The van der Waals surface area contributed by atoms with E-state index >= 15 is 0 Å². The lowest BCUT2D eigenvalue weighted by molar-refractivity contribution is -0.134. The van der Waals surface area contributed by atoms with Crippen LogP contribution in [0.15, 0.2) is 42.5 Å². The van der Waals surface area contributed by atoms with Crippen molar-refractivity contribution < 1.29 is 9.53 Å². The lowest BCUT2D eigenvalue weighted by Crippen LogP contribution is -2.07. The molecule has 2 nitrogen and oxygen atoms in total. The van der Waals surface area contributed by atoms with Gasteiger partial charge in [0.05, 0.1) is 0 Å². The molecule has 2 aromatic carbocycles. The van der Waals surface area contributed by atoms with Gasteiger partial charge in [0.25, 0.3) is 0 Å². The van der Waals surface area contributed by atoms with Gasteiger partial charge < -0.3 is 4.74 Å². The molecule has 0 saturated heterocycles. The van der Waals surface area contributed by atoms with E-state index in [2.05, 4.69) is 13.0 Å². The number of ether oxygens (including phenoxy) is 1. The average molecular weight is 270 g/mol. The summed E-state index contributed by atoms with van der Waals surface area (Å²) in [6.07, 6.45) is 6.23. The van der Waals surface area contributed by atoms with Gasteiger partial charge in [0, 0.05) is 6.42 Å². The van der Waals surface area contributed by atoms with Crippen LogP contribution in [0.1, 0.15) is 45.4 Å². The molecule has 0 radical (unpaired) electrons. The topological polar surface area (TPSA) is 26.3 Å². The highest BCUT2D eigenvalue weighted by molar-refractivity contribution is 5.84. The van der Waals surface area contributed by atoms with Gasteiger partial charge in [0.1, 0.15) is 5.75 Å². The zero-order chi connectivity index (χ0) is 14.2. The van der Waals surface area contributed by atoms with E-state index in [1.807, 2.05) is 36.4 Å². The molecule has 2 rings (SSSR count). The second-order valence-electron chi connectivity index (χ2n) is 5.15. The van der Waals surface area contributed by atoms with Crippen molar-refractivity contribution in [2.75, 3.05) is 0 Å². The van der Waals surface area contributed by atoms with Gasteiger partial charge in [0.2, 0.25) is 0 Å². The highest BCUT2D eigenvalue weighted by atomic mass is 16.5. The maximum absolute atomic E-state index is 11.8. The molecular formula is C18H22O2. The molecule has 0 spiro atoms. The van der Waals surface area contributed by atoms with Gasteiger partial charge in [-0.05, 0) is 29.3 Å². The highest BCUT2D eigenvalue weighted by Crippen LogP contribution is 2.21. The molecule has 0 heterocycles. The summed E-state index contributed by atoms with van der Waals surface area (Å²) in [7, 11) is 0. The lowest BCUT2D eigenvalue weighted by Gasteiger charge is -2.05. The van der Waals surface area contributed by atoms with E-state index in [0.29, 0.717) is 12.2 Å². The summed E-state index contributed by atoms with van der Waals surface area (Å²) >= 11 is 0. The van der Waals surface area contributed by atoms with Crippen LogP contribution in [0.25, 0.3) is 10.8 Å². The molecule has 0 amide bonds. The van der Waals surface area contributed by atoms with Gasteiger partial charge >= 0.3 is 5.97 Å². The first-order valence-electron chi connectivity index (χ1n) is 7.49. The first-order valence-corrected chi connectivity index (χ1v) is 7.49. The summed E-state index contributed by atoms with van der Waals surface area (Å²) in [5.74, 6) is 0.513. The molecular weight excluding hydrogens is 248 g/mol. The quantitative estimate of drug-likeness (QED) is 0.397. The van der Waals surface area contributed by atoms with Crippen molar-refractivity contribution >= 4 is 16.7 Å². The Labute approximate surface area is 120 Å². The van der Waals surface area contributed by atoms with E-state index in [1.165, 1.54) is 19.3 Å². The van der Waals surface area contributed by atoms with Crippen LogP contribution in [0.2, 0.25) is 0 Å². The minimum atomic E-state index is -0.128. The fourth-order valence-corrected chi connectivity index (χ4v) is 2.29. The van der Waals surface area contributed by atoms with E-state index in [-0.39, 0.29) is 5.97 Å². The maximum Gasteiger partial charge on any atom is 0.311 e. The summed E-state index contributed by atoms with van der Waals surface area (Å²) in [5, 5.41) is 2.26. The van der Waals surface area contributed by atoms with E-state index in [4.69, 9.17) is 4.74 Å². The van der Waals surface area contributed by atoms with Crippen molar-refractivity contribution in [3.63, 3.8) is 0 Å². The summed E-state index contributed by atoms with van der Waals surface area (Å²) in [5.41, 5.74) is 0. The summed E-state index contributed by atoms with van der Waals surface area (Å²) in [4.78, 5) is 11.8. The Morgan fingerprint density at radius 3 is 2.50 bits per heavy atom. The van der Waals surface area contributed by atoms with Crippen LogP contribution < -0.4 is 4.74 Å². The van der Waals surface area contributed by atoms with Crippen LogP contribution in [-0.4, -0.2) is 5.97 Å². The van der Waals surface area contributed by atoms with Gasteiger partial charge in [-0.3, -0.25) is 4.79 Å². The number of rotatable bonds is 7. The molecule has 0 unspecified atom stereocenters. The van der Waals surface area contributed by atoms with Crippen LogP contribution in [0.5, 0.6) is 5.75 Å². The Morgan fingerprint density at radius 2 is 1.70 bits per heavy atom. The smallest absolute Gasteiger partial charge is 0.311 e. The first kappa shape index (κ1) is 14.6. The minimum absolute atomic E-state index is 0.128. The van der Waals surface area contributed by atoms with Crippen molar-refractivity contribution in [3.8, 4) is 5.75 Å². The Bertz CT molecular complexity index is 560. The van der Waals surface area contributed by atoms with Crippen molar-refractivity contribution in [2.45, 2.75) is 45.4 Å². The number of fused-ring (bicyclic) bond motifs is 1. The van der Waals surface area contributed by atoms with Gasteiger partial charge in [-0.1, -0.05) is 62.9 Å². The van der Waals surface area contributed by atoms with Crippen LogP contribution in [-0.2, 0) is 4.79 Å². The van der Waals surface area contributed by atoms with Crippen LogP contribution in [0, 0.1) is 0 Å². The number of benzene rings is 2. The number of carbonyl (C=O) groups excluding carboxylic acids is 1. The number of hydrogen-bond donors (Lipinski definition) is 0. The van der Waals surface area contributed by atoms with E-state index in [1.54, 1.807) is 0 Å². The lowest BCUT2D eigenvalue weighted by atomic mass is 10.1. The molecule has 0 aliphatic rings. The number of hydrogen-bond acceptors (Lipinski definition) is 2. The van der Waals surface area contributed by atoms with Crippen molar-refractivity contribution in [3.05, 3.63) is 42.5 Å². The standard InChI is InChI=1S/C18H22O2/c1-2-3-4-5-6-11-18(19)20-17-13-12-15-9-7-8-10-16(15)14-17/h7-10,12-14H,2-6,11H2,1H3. The molecule has 106 valence electrons. The Kier molecular flexibility index (Phi) is 5.60. The van der Waals surface area contributed by atoms with Gasteiger partial charge in [-0.2, -0.15) is 0 Å². The van der Waals surface area contributed by atoms with Gasteiger partial charge in [-0.25, -0.2) is 0 Å². The van der Waals surface area contributed by atoms with Crippen LogP contribution >= 0.6 is 0 Å². The zero-order valence-corrected chi connectivity index (χ0v) is 12.1. The second-order valence-corrected chi connectivity index (χ2v) is 5.15. The van der Waals surface area contributed by atoms with Gasteiger partial charge in [-0.15, -0.1) is 0 Å². The third-order valence-electron chi connectivity index (χ3n) is 3.44. The normalized spacial score (nSPS) is 10.7. The molecule has 0 fully saturated rings. The average Bonchev–Trinajstić information content (AvgIpc) is 2.47. The van der Waals surface area contributed by atoms with Crippen molar-refractivity contribution in [2.24, 2.45) is 0 Å². The zero-order valence-electron chi connectivity index (χ0n) is 12.1. The third kappa shape index (κ3) is 4.37. The second kappa shape index (κ2) is 7.68. The maximum atomic E-state index is 11.8. The molecule has 0 aliphatic heterocycles. The van der Waals surface area contributed by atoms with Crippen LogP contribution in [0.4, 0.5) is 0 Å². The number of unbranched alkanes of at least 4 members (excludes halogenated alkanes) is 4. The fraction of sp³-hybridized carbons (Fsp3) is 0.389. The van der Waals surface area contributed by atoms with Gasteiger partial charge in [0.15, 0.2) is 0 Å². The molecule has 0 bridgehead atoms. The first-order chi connectivity index (χ1) is 9.79. The minimum Gasteiger partial charge on any atom is -0.427 e. The Balaban J connectivity index is 1.83. The molecule has 0 atom stereocenters. The van der Waals surface area contributed by atoms with Crippen molar-refractivity contribution in [1.29, 1.82) is 0 Å². The number of carbonyl (C=O) groups is 1. The highest BCUT2D eigenvalue weighted by Gasteiger charge is 2.05. The molecule has 2 heteroatoms. The SMILES string of the molecule is CCCCCCCC(=O)Oc1ccc2ccccc2c1.